The molecule has 1 aliphatic carbocycles. The molecular formula is C32H34O3. The Hall–Kier alpha value is -3.59. The fourth-order valence-corrected chi connectivity index (χ4v) is 5.84. The minimum Gasteiger partial charge on any atom is -0.508 e. The van der Waals surface area contributed by atoms with E-state index in [1.165, 1.54) is 23.1 Å². The van der Waals surface area contributed by atoms with Gasteiger partial charge in [-0.25, -0.2) is 4.79 Å². The SMILES string of the molecule is CC1(C)CC(=C(c2ccc(O)cc2)c2ccc(-c3cccc(C=CC(=O)O)c3)cc2)CC(C)(C)C1. The largest absolute Gasteiger partial charge is 0.508 e. The second-order valence-corrected chi connectivity index (χ2v) is 11.3. The minimum atomic E-state index is -0.955. The summed E-state index contributed by atoms with van der Waals surface area (Å²) in [5.74, 6) is -0.682. The van der Waals surface area contributed by atoms with Gasteiger partial charge < -0.3 is 10.2 Å². The Kier molecular flexibility index (Phi) is 6.71. The quantitative estimate of drug-likeness (QED) is 0.373. The molecule has 35 heavy (non-hydrogen) atoms. The number of hydrogen-bond acceptors (Lipinski definition) is 2. The Morgan fingerprint density at radius 2 is 1.37 bits per heavy atom. The van der Waals surface area contributed by atoms with Gasteiger partial charge in [-0.05, 0) is 87.8 Å². The van der Waals surface area contributed by atoms with E-state index in [4.69, 9.17) is 5.11 Å². The number of carboxylic acids is 1. The average Bonchev–Trinajstić information content (AvgIpc) is 2.78. The summed E-state index contributed by atoms with van der Waals surface area (Å²) in [5, 5.41) is 18.8. The summed E-state index contributed by atoms with van der Waals surface area (Å²) in [4.78, 5) is 10.9. The van der Waals surface area contributed by atoms with Crippen molar-refractivity contribution >= 4 is 17.6 Å². The lowest BCUT2D eigenvalue weighted by Crippen LogP contribution is -2.30. The van der Waals surface area contributed by atoms with Crippen LogP contribution < -0.4 is 0 Å². The third kappa shape index (κ3) is 6.10. The lowest BCUT2D eigenvalue weighted by Gasteiger charge is -2.43. The van der Waals surface area contributed by atoms with Gasteiger partial charge in [0, 0.05) is 6.08 Å². The lowest BCUT2D eigenvalue weighted by atomic mass is 9.62. The molecule has 4 rings (SSSR count). The van der Waals surface area contributed by atoms with E-state index in [0.717, 1.165) is 41.2 Å². The maximum absolute atomic E-state index is 10.9. The molecule has 0 aliphatic heterocycles. The highest BCUT2D eigenvalue weighted by atomic mass is 16.4. The predicted octanol–water partition coefficient (Wildman–Crippen LogP) is 8.20. The zero-order valence-electron chi connectivity index (χ0n) is 21.0. The molecule has 0 heterocycles. The first-order valence-corrected chi connectivity index (χ1v) is 12.1. The molecule has 1 saturated carbocycles. The van der Waals surface area contributed by atoms with E-state index in [0.29, 0.717) is 0 Å². The predicted molar refractivity (Wildman–Crippen MR) is 144 cm³/mol. The van der Waals surface area contributed by atoms with Gasteiger partial charge in [0.1, 0.15) is 5.75 Å². The summed E-state index contributed by atoms with van der Waals surface area (Å²) >= 11 is 0. The Bertz CT molecular complexity index is 1260. The van der Waals surface area contributed by atoms with Crippen LogP contribution in [0.15, 0.2) is 84.4 Å². The van der Waals surface area contributed by atoms with Crippen LogP contribution in [0.4, 0.5) is 0 Å². The molecule has 3 aromatic rings. The van der Waals surface area contributed by atoms with Crippen molar-refractivity contribution in [3.63, 3.8) is 0 Å². The monoisotopic (exact) mass is 466 g/mol. The van der Waals surface area contributed by atoms with Crippen LogP contribution in [0.25, 0.3) is 22.8 Å². The van der Waals surface area contributed by atoms with Crippen LogP contribution in [0.5, 0.6) is 5.75 Å². The normalized spacial score (nSPS) is 16.9. The number of benzene rings is 3. The van der Waals surface area contributed by atoms with Crippen molar-refractivity contribution in [2.75, 3.05) is 0 Å². The van der Waals surface area contributed by atoms with Crippen molar-refractivity contribution in [1.29, 1.82) is 0 Å². The fourth-order valence-electron chi connectivity index (χ4n) is 5.84. The Morgan fingerprint density at radius 1 is 0.800 bits per heavy atom. The van der Waals surface area contributed by atoms with Crippen molar-refractivity contribution in [2.45, 2.75) is 47.0 Å². The molecule has 0 saturated heterocycles. The summed E-state index contributed by atoms with van der Waals surface area (Å²) in [6.45, 7) is 9.43. The van der Waals surface area contributed by atoms with Crippen molar-refractivity contribution in [2.24, 2.45) is 10.8 Å². The first-order chi connectivity index (χ1) is 16.5. The number of phenols is 1. The van der Waals surface area contributed by atoms with Crippen LogP contribution >= 0.6 is 0 Å². The van der Waals surface area contributed by atoms with Crippen LogP contribution in [0, 0.1) is 10.8 Å². The molecule has 2 N–H and O–H groups in total. The van der Waals surface area contributed by atoms with Crippen LogP contribution in [0.2, 0.25) is 0 Å². The molecule has 3 heteroatoms. The van der Waals surface area contributed by atoms with Crippen molar-refractivity contribution in [3.05, 3.63) is 101 Å². The maximum Gasteiger partial charge on any atom is 0.328 e. The van der Waals surface area contributed by atoms with Crippen LogP contribution in [-0.4, -0.2) is 16.2 Å². The number of hydrogen-bond donors (Lipinski definition) is 2. The van der Waals surface area contributed by atoms with Gasteiger partial charge in [-0.2, -0.15) is 0 Å². The Morgan fingerprint density at radius 3 is 1.94 bits per heavy atom. The highest BCUT2D eigenvalue weighted by Crippen LogP contribution is 2.51. The second kappa shape index (κ2) is 9.58. The number of rotatable bonds is 5. The minimum absolute atomic E-state index is 0.225. The van der Waals surface area contributed by atoms with E-state index in [2.05, 4.69) is 52.0 Å². The summed E-state index contributed by atoms with van der Waals surface area (Å²) in [6, 6.07) is 24.1. The van der Waals surface area contributed by atoms with Crippen molar-refractivity contribution in [3.8, 4) is 16.9 Å². The molecule has 0 spiro atoms. The zero-order chi connectivity index (χ0) is 25.2. The standard InChI is InChI=1S/C32H34O3/c1-31(2)19-27(20-32(3,4)21-31)30(25-13-15-28(33)16-14-25)24-11-9-23(10-12-24)26-7-5-6-22(18-26)8-17-29(34)35/h5-18,33H,19-21H2,1-4H3,(H,34,35). The third-order valence-electron chi connectivity index (χ3n) is 6.66. The average molecular weight is 467 g/mol. The molecule has 0 atom stereocenters. The topological polar surface area (TPSA) is 57.5 Å². The van der Waals surface area contributed by atoms with Gasteiger partial charge in [0.05, 0.1) is 0 Å². The summed E-state index contributed by atoms with van der Waals surface area (Å²) in [7, 11) is 0. The summed E-state index contributed by atoms with van der Waals surface area (Å²) < 4.78 is 0. The van der Waals surface area contributed by atoms with Crippen molar-refractivity contribution < 1.29 is 15.0 Å². The number of allylic oxidation sites excluding steroid dienone is 1. The first kappa shape index (κ1) is 24.5. The van der Waals surface area contributed by atoms with E-state index < -0.39 is 5.97 Å². The third-order valence-corrected chi connectivity index (χ3v) is 6.66. The molecule has 1 fully saturated rings. The molecule has 3 aromatic carbocycles. The van der Waals surface area contributed by atoms with Crippen LogP contribution in [0.1, 0.15) is 63.6 Å². The highest BCUT2D eigenvalue weighted by Gasteiger charge is 2.37. The number of phenolic OH excluding ortho intramolecular Hbond substituents is 1. The molecule has 0 aromatic heterocycles. The molecule has 180 valence electrons. The van der Waals surface area contributed by atoms with Crippen LogP contribution in [0.3, 0.4) is 0 Å². The second-order valence-electron chi connectivity index (χ2n) is 11.3. The van der Waals surface area contributed by atoms with E-state index in [-0.39, 0.29) is 16.6 Å². The van der Waals surface area contributed by atoms with Gasteiger partial charge in [-0.15, -0.1) is 0 Å². The molecule has 0 bridgehead atoms. The molecule has 1 aliphatic rings. The van der Waals surface area contributed by atoms with Gasteiger partial charge in [-0.3, -0.25) is 0 Å². The Balaban J connectivity index is 1.76. The van der Waals surface area contributed by atoms with E-state index in [1.54, 1.807) is 18.2 Å². The van der Waals surface area contributed by atoms with Gasteiger partial charge in [0.15, 0.2) is 0 Å². The first-order valence-electron chi connectivity index (χ1n) is 12.1. The molecule has 3 nitrogen and oxygen atoms in total. The fraction of sp³-hybridized carbons (Fsp3) is 0.281. The zero-order valence-corrected chi connectivity index (χ0v) is 21.0. The van der Waals surface area contributed by atoms with E-state index in [9.17, 15) is 9.90 Å². The van der Waals surface area contributed by atoms with Gasteiger partial charge in [-0.1, -0.05) is 87.9 Å². The van der Waals surface area contributed by atoms with Crippen LogP contribution in [-0.2, 0) is 4.79 Å². The molecule has 0 unspecified atom stereocenters. The van der Waals surface area contributed by atoms with Gasteiger partial charge >= 0.3 is 5.97 Å². The lowest BCUT2D eigenvalue weighted by molar-refractivity contribution is -0.131. The Labute approximate surface area is 208 Å². The number of aliphatic carboxylic acids is 1. The van der Waals surface area contributed by atoms with Gasteiger partial charge in [0.2, 0.25) is 0 Å². The summed E-state index contributed by atoms with van der Waals surface area (Å²) in [5.41, 5.74) is 8.45. The maximum atomic E-state index is 10.9. The molecule has 0 amide bonds. The smallest absolute Gasteiger partial charge is 0.328 e. The number of carbonyl (C=O) groups is 1. The van der Waals surface area contributed by atoms with E-state index in [1.807, 2.05) is 36.4 Å². The highest BCUT2D eigenvalue weighted by molar-refractivity contribution is 5.86. The number of aromatic hydroxyl groups is 1. The molecule has 0 radical (unpaired) electrons. The van der Waals surface area contributed by atoms with E-state index >= 15 is 0 Å². The van der Waals surface area contributed by atoms with Crippen molar-refractivity contribution in [1.82, 2.24) is 0 Å². The summed E-state index contributed by atoms with van der Waals surface area (Å²) in [6.07, 6.45) is 6.06. The van der Waals surface area contributed by atoms with Gasteiger partial charge in [0.25, 0.3) is 0 Å². The molecular weight excluding hydrogens is 432 g/mol. The number of carboxylic acid groups (broad SMARTS) is 1.